The van der Waals surface area contributed by atoms with Crippen LogP contribution in [0.4, 0.5) is 0 Å². The van der Waals surface area contributed by atoms with Gasteiger partial charge in [-0.2, -0.15) is 0 Å². The Morgan fingerprint density at radius 1 is 1.02 bits per heavy atom. The third kappa shape index (κ3) is 6.26. The second-order valence-corrected chi connectivity index (χ2v) is 11.0. The van der Waals surface area contributed by atoms with Crippen molar-refractivity contribution in [2.24, 2.45) is 0 Å². The molecule has 4 atom stereocenters. The number of carbonyl (C=O) groups excluding carboxylic acids is 3. The largest absolute Gasteiger partial charge is 0.486 e. The minimum atomic E-state index is -0.890. The Kier molecular flexibility index (Phi) is 9.25. The van der Waals surface area contributed by atoms with E-state index >= 15 is 0 Å². The molecular formula is C31H30Cl2N2O6. The van der Waals surface area contributed by atoms with Crippen LogP contribution in [0.3, 0.4) is 0 Å². The average Bonchev–Trinajstić information content (AvgIpc) is 2.97. The first-order valence-corrected chi connectivity index (χ1v) is 14.3. The predicted octanol–water partition coefficient (Wildman–Crippen LogP) is 5.40. The standard InChI is InChI=1S/C31H30Cl2N2O6/c32-20-12-13-24(25(33)17-20)29-28(30(38)34-41-18-19-6-5-7-21(16-19)40-15-14-36)22-8-1-2-9-23(22)31(39)35(29)26-10-3-4-11-27(26)37/h1-2,5-9,12-14,16-17,26-29,37H,3-4,10-11,15,18H2,(H,34,38)/t26-,27-,28+,29-/m0/s1. The molecule has 1 aliphatic heterocycles. The van der Waals surface area contributed by atoms with Gasteiger partial charge in [-0.05, 0) is 59.9 Å². The van der Waals surface area contributed by atoms with E-state index in [9.17, 15) is 19.5 Å². The third-order valence-corrected chi connectivity index (χ3v) is 8.18. The molecule has 3 aromatic carbocycles. The van der Waals surface area contributed by atoms with Gasteiger partial charge >= 0.3 is 0 Å². The van der Waals surface area contributed by atoms with Gasteiger partial charge in [-0.3, -0.25) is 19.2 Å². The molecule has 5 rings (SSSR count). The lowest BCUT2D eigenvalue weighted by atomic mass is 9.77. The highest BCUT2D eigenvalue weighted by Gasteiger charge is 2.49. The highest BCUT2D eigenvalue weighted by molar-refractivity contribution is 6.35. The molecule has 1 fully saturated rings. The van der Waals surface area contributed by atoms with Gasteiger partial charge in [-0.1, -0.05) is 72.4 Å². The van der Waals surface area contributed by atoms with Crippen LogP contribution in [0.25, 0.3) is 0 Å². The van der Waals surface area contributed by atoms with Crippen molar-refractivity contribution in [1.82, 2.24) is 10.4 Å². The lowest BCUT2D eigenvalue weighted by molar-refractivity contribution is -0.138. The molecule has 2 amide bonds. The molecule has 10 heteroatoms. The number of hydrogen-bond donors (Lipinski definition) is 2. The molecule has 8 nitrogen and oxygen atoms in total. The number of hydroxylamine groups is 1. The zero-order valence-electron chi connectivity index (χ0n) is 22.2. The number of benzene rings is 3. The molecule has 1 saturated carbocycles. The van der Waals surface area contributed by atoms with E-state index in [1.165, 1.54) is 0 Å². The van der Waals surface area contributed by atoms with Crippen molar-refractivity contribution in [3.05, 3.63) is 99.0 Å². The van der Waals surface area contributed by atoms with Crippen LogP contribution in [-0.4, -0.2) is 46.9 Å². The fourth-order valence-electron chi connectivity index (χ4n) is 5.80. The normalized spacial score (nSPS) is 22.1. The Bertz CT molecular complexity index is 1430. The van der Waals surface area contributed by atoms with Crippen LogP contribution >= 0.6 is 23.2 Å². The van der Waals surface area contributed by atoms with Crippen LogP contribution in [0.15, 0.2) is 66.7 Å². The van der Waals surface area contributed by atoms with Crippen LogP contribution < -0.4 is 10.2 Å². The lowest BCUT2D eigenvalue weighted by Gasteiger charge is -2.48. The van der Waals surface area contributed by atoms with E-state index in [1.807, 2.05) is 0 Å². The Hall–Kier alpha value is -3.43. The van der Waals surface area contributed by atoms with Crippen molar-refractivity contribution in [3.8, 4) is 5.75 Å². The molecule has 2 aliphatic rings. The Morgan fingerprint density at radius 3 is 2.61 bits per heavy atom. The van der Waals surface area contributed by atoms with Crippen LogP contribution in [0, 0.1) is 0 Å². The molecule has 1 heterocycles. The first-order valence-electron chi connectivity index (χ1n) is 13.5. The summed E-state index contributed by atoms with van der Waals surface area (Å²) < 4.78 is 5.34. The molecule has 0 unspecified atom stereocenters. The van der Waals surface area contributed by atoms with Gasteiger partial charge in [-0.15, -0.1) is 0 Å². The van der Waals surface area contributed by atoms with Crippen LogP contribution in [-0.2, 0) is 21.0 Å². The second kappa shape index (κ2) is 13.0. The SMILES string of the molecule is O=CCOc1cccc(CONC(=O)[C@@H]2c3ccccc3C(=O)N([C@H]3CCCC[C@@H]3O)[C@H]2c2ccc(Cl)cc2Cl)c1. The summed E-state index contributed by atoms with van der Waals surface area (Å²) in [5.74, 6) is -1.12. The number of halogens is 2. The van der Waals surface area contributed by atoms with Gasteiger partial charge in [0, 0.05) is 15.6 Å². The van der Waals surface area contributed by atoms with Gasteiger partial charge in [0.25, 0.3) is 11.8 Å². The van der Waals surface area contributed by atoms with Gasteiger partial charge in [0.1, 0.15) is 12.4 Å². The van der Waals surface area contributed by atoms with E-state index in [2.05, 4.69) is 5.48 Å². The average molecular weight is 597 g/mol. The Morgan fingerprint density at radius 2 is 1.83 bits per heavy atom. The number of aldehydes is 1. The van der Waals surface area contributed by atoms with E-state index in [1.54, 1.807) is 71.6 Å². The molecule has 0 aromatic heterocycles. The number of nitrogens with zero attached hydrogens (tertiary/aromatic N) is 1. The first kappa shape index (κ1) is 29.1. The lowest BCUT2D eigenvalue weighted by Crippen LogP contribution is -2.55. The van der Waals surface area contributed by atoms with Gasteiger partial charge in [0.05, 0.1) is 30.7 Å². The van der Waals surface area contributed by atoms with Gasteiger partial charge < -0.3 is 14.7 Å². The monoisotopic (exact) mass is 596 g/mol. The fourth-order valence-corrected chi connectivity index (χ4v) is 6.32. The van der Waals surface area contributed by atoms with Gasteiger partial charge in [-0.25, -0.2) is 5.48 Å². The third-order valence-electron chi connectivity index (χ3n) is 7.62. The number of fused-ring (bicyclic) bond motifs is 1. The first-order chi connectivity index (χ1) is 19.9. The molecule has 0 spiro atoms. The number of rotatable bonds is 9. The second-order valence-electron chi connectivity index (χ2n) is 10.2. The Labute approximate surface area is 248 Å². The maximum atomic E-state index is 14.0. The highest BCUT2D eigenvalue weighted by atomic mass is 35.5. The van der Waals surface area contributed by atoms with Crippen molar-refractivity contribution in [1.29, 1.82) is 0 Å². The number of carbonyl (C=O) groups is 3. The van der Waals surface area contributed by atoms with Crippen LogP contribution in [0.5, 0.6) is 5.75 Å². The van der Waals surface area contributed by atoms with E-state index in [0.717, 1.165) is 18.4 Å². The summed E-state index contributed by atoms with van der Waals surface area (Å²) in [6, 6.07) is 17.7. The minimum Gasteiger partial charge on any atom is -0.486 e. The molecular weight excluding hydrogens is 567 g/mol. The van der Waals surface area contributed by atoms with Gasteiger partial charge in [0.2, 0.25) is 0 Å². The molecule has 3 aromatic rings. The molecule has 0 bridgehead atoms. The number of ether oxygens (including phenoxy) is 1. The number of amides is 2. The molecule has 2 N–H and O–H groups in total. The summed E-state index contributed by atoms with van der Waals surface area (Å²) in [7, 11) is 0. The molecule has 41 heavy (non-hydrogen) atoms. The summed E-state index contributed by atoms with van der Waals surface area (Å²) in [6.45, 7) is -0.0313. The zero-order valence-corrected chi connectivity index (χ0v) is 23.7. The van der Waals surface area contributed by atoms with E-state index in [4.69, 9.17) is 32.8 Å². The summed E-state index contributed by atoms with van der Waals surface area (Å²) in [5, 5.41) is 11.8. The summed E-state index contributed by atoms with van der Waals surface area (Å²) in [5.41, 5.74) is 4.79. The van der Waals surface area contributed by atoms with Crippen LogP contribution in [0.2, 0.25) is 10.0 Å². The topological polar surface area (TPSA) is 105 Å². The van der Waals surface area contributed by atoms with E-state index in [-0.39, 0.29) is 19.1 Å². The van der Waals surface area contributed by atoms with Crippen molar-refractivity contribution in [3.63, 3.8) is 0 Å². The number of nitrogens with one attached hydrogen (secondary N) is 1. The van der Waals surface area contributed by atoms with E-state index in [0.29, 0.717) is 51.6 Å². The number of aliphatic hydroxyl groups excluding tert-OH is 1. The van der Waals surface area contributed by atoms with Crippen molar-refractivity contribution in [2.45, 2.75) is 56.4 Å². The quantitative estimate of drug-likeness (QED) is 0.253. The smallest absolute Gasteiger partial charge is 0.255 e. The molecule has 1 aliphatic carbocycles. The Balaban J connectivity index is 1.49. The van der Waals surface area contributed by atoms with Gasteiger partial charge in [0.15, 0.2) is 6.29 Å². The zero-order chi connectivity index (χ0) is 28.9. The van der Waals surface area contributed by atoms with Crippen molar-refractivity contribution in [2.75, 3.05) is 6.61 Å². The molecule has 0 saturated heterocycles. The van der Waals surface area contributed by atoms with E-state index < -0.39 is 30.0 Å². The maximum Gasteiger partial charge on any atom is 0.255 e. The predicted molar refractivity (Wildman–Crippen MR) is 154 cm³/mol. The molecule has 214 valence electrons. The number of aliphatic hydroxyl groups is 1. The minimum absolute atomic E-state index is 0.0365. The maximum absolute atomic E-state index is 14.0. The highest BCUT2D eigenvalue weighted by Crippen LogP contribution is 2.47. The summed E-state index contributed by atoms with van der Waals surface area (Å²) in [4.78, 5) is 45.9. The molecule has 0 radical (unpaired) electrons. The van der Waals surface area contributed by atoms with Crippen LogP contribution in [0.1, 0.15) is 64.7 Å². The number of hydrogen-bond acceptors (Lipinski definition) is 6. The summed E-state index contributed by atoms with van der Waals surface area (Å²) in [6.07, 6.45) is 2.80. The van der Waals surface area contributed by atoms with Crippen molar-refractivity contribution < 1.29 is 29.1 Å². The fraction of sp³-hybridized carbons (Fsp3) is 0.323. The summed E-state index contributed by atoms with van der Waals surface area (Å²) >= 11 is 12.9. The van der Waals surface area contributed by atoms with Crippen molar-refractivity contribution >= 4 is 41.3 Å².